The fraction of sp³-hybridized carbons (Fsp3) is 0.316. The molecule has 0 saturated heterocycles. The molecule has 0 radical (unpaired) electrons. The Labute approximate surface area is 157 Å². The predicted molar refractivity (Wildman–Crippen MR) is 99.6 cm³/mol. The lowest BCUT2D eigenvalue weighted by molar-refractivity contribution is -0.125. The molecule has 1 amide bonds. The lowest BCUT2D eigenvalue weighted by Crippen LogP contribution is -2.48. The SMILES string of the molecule is C#CC(CC)(CC)NC(=O)COC(=O)c1cc(-c2ccc(Cl)cc2)n[nH]1. The van der Waals surface area contributed by atoms with E-state index in [1.807, 2.05) is 13.8 Å². The number of aromatic nitrogens is 2. The zero-order valence-corrected chi connectivity index (χ0v) is 15.4. The first-order valence-corrected chi connectivity index (χ1v) is 8.58. The highest BCUT2D eigenvalue weighted by Gasteiger charge is 2.26. The van der Waals surface area contributed by atoms with Gasteiger partial charge in [0.15, 0.2) is 6.61 Å². The summed E-state index contributed by atoms with van der Waals surface area (Å²) in [4.78, 5) is 24.1. The summed E-state index contributed by atoms with van der Waals surface area (Å²) in [5.74, 6) is 1.47. The van der Waals surface area contributed by atoms with Gasteiger partial charge in [0.25, 0.3) is 5.91 Å². The van der Waals surface area contributed by atoms with E-state index >= 15 is 0 Å². The minimum atomic E-state index is -0.723. The molecule has 26 heavy (non-hydrogen) atoms. The van der Waals surface area contributed by atoms with Gasteiger partial charge in [0, 0.05) is 10.6 Å². The molecule has 1 heterocycles. The van der Waals surface area contributed by atoms with E-state index in [1.54, 1.807) is 30.3 Å². The van der Waals surface area contributed by atoms with Gasteiger partial charge < -0.3 is 10.1 Å². The van der Waals surface area contributed by atoms with Crippen LogP contribution in [0.25, 0.3) is 11.3 Å². The first kappa shape index (κ1) is 19.5. The van der Waals surface area contributed by atoms with Crippen LogP contribution in [0.3, 0.4) is 0 Å². The summed E-state index contributed by atoms with van der Waals surface area (Å²) in [7, 11) is 0. The van der Waals surface area contributed by atoms with Gasteiger partial charge in [-0.2, -0.15) is 5.10 Å². The summed E-state index contributed by atoms with van der Waals surface area (Å²) in [5.41, 5.74) is 0.796. The molecule has 1 aromatic carbocycles. The number of terminal acetylenes is 1. The monoisotopic (exact) mass is 373 g/mol. The third-order valence-electron chi connectivity index (χ3n) is 4.13. The number of amides is 1. The molecule has 6 nitrogen and oxygen atoms in total. The highest BCUT2D eigenvalue weighted by molar-refractivity contribution is 6.30. The van der Waals surface area contributed by atoms with Crippen molar-refractivity contribution < 1.29 is 14.3 Å². The molecule has 1 aromatic heterocycles. The average Bonchev–Trinajstić information content (AvgIpc) is 3.15. The topological polar surface area (TPSA) is 84.1 Å². The molecule has 136 valence electrons. The number of esters is 1. The molecule has 0 saturated carbocycles. The molecule has 0 fully saturated rings. The molecule has 0 spiro atoms. The predicted octanol–water partition coefficient (Wildman–Crippen LogP) is 3.20. The van der Waals surface area contributed by atoms with Crippen LogP contribution in [0.5, 0.6) is 0 Å². The Morgan fingerprint density at radius 3 is 2.54 bits per heavy atom. The second kappa shape index (κ2) is 8.54. The van der Waals surface area contributed by atoms with Crippen LogP contribution in [0.4, 0.5) is 0 Å². The molecular formula is C19H20ClN3O3. The number of nitrogens with one attached hydrogen (secondary N) is 2. The second-order valence-electron chi connectivity index (χ2n) is 5.73. The molecule has 0 aliphatic rings. The van der Waals surface area contributed by atoms with Gasteiger partial charge in [0.2, 0.25) is 0 Å². The molecule has 2 N–H and O–H groups in total. The maximum absolute atomic E-state index is 12.1. The van der Waals surface area contributed by atoms with Crippen LogP contribution in [0, 0.1) is 12.3 Å². The lowest BCUT2D eigenvalue weighted by atomic mass is 9.94. The van der Waals surface area contributed by atoms with Gasteiger partial charge >= 0.3 is 5.97 Å². The van der Waals surface area contributed by atoms with Crippen LogP contribution in [-0.2, 0) is 9.53 Å². The molecule has 2 rings (SSSR count). The van der Waals surface area contributed by atoms with Gasteiger partial charge in [-0.05, 0) is 31.0 Å². The van der Waals surface area contributed by atoms with Crippen LogP contribution in [0.15, 0.2) is 30.3 Å². The van der Waals surface area contributed by atoms with Crippen molar-refractivity contribution in [1.82, 2.24) is 15.5 Å². The third-order valence-corrected chi connectivity index (χ3v) is 4.39. The number of benzene rings is 1. The van der Waals surface area contributed by atoms with E-state index in [9.17, 15) is 9.59 Å². The Morgan fingerprint density at radius 1 is 1.31 bits per heavy atom. The highest BCUT2D eigenvalue weighted by Crippen LogP contribution is 2.20. The number of rotatable bonds is 7. The van der Waals surface area contributed by atoms with E-state index < -0.39 is 24.0 Å². The van der Waals surface area contributed by atoms with Crippen molar-refractivity contribution in [2.45, 2.75) is 32.2 Å². The van der Waals surface area contributed by atoms with E-state index in [2.05, 4.69) is 21.4 Å². The smallest absolute Gasteiger partial charge is 0.356 e. The van der Waals surface area contributed by atoms with E-state index in [0.29, 0.717) is 23.6 Å². The second-order valence-corrected chi connectivity index (χ2v) is 6.17. The van der Waals surface area contributed by atoms with E-state index in [-0.39, 0.29) is 5.69 Å². The first-order chi connectivity index (χ1) is 12.4. The van der Waals surface area contributed by atoms with E-state index in [1.165, 1.54) is 0 Å². The van der Waals surface area contributed by atoms with Gasteiger partial charge in [-0.25, -0.2) is 4.79 Å². The molecule has 2 aromatic rings. The minimum absolute atomic E-state index is 0.150. The van der Waals surface area contributed by atoms with Gasteiger partial charge in [0.05, 0.1) is 5.69 Å². The molecule has 7 heteroatoms. The summed E-state index contributed by atoms with van der Waals surface area (Å²) >= 11 is 5.85. The van der Waals surface area contributed by atoms with Crippen molar-refractivity contribution in [3.05, 3.63) is 41.0 Å². The van der Waals surface area contributed by atoms with Crippen molar-refractivity contribution in [3.63, 3.8) is 0 Å². The van der Waals surface area contributed by atoms with E-state index in [4.69, 9.17) is 22.8 Å². The van der Waals surface area contributed by atoms with Gasteiger partial charge in [-0.3, -0.25) is 9.89 Å². The Kier molecular flexibility index (Phi) is 6.42. The quantitative estimate of drug-likeness (QED) is 0.576. The molecule has 0 aliphatic heterocycles. The van der Waals surface area contributed by atoms with Crippen LogP contribution in [-0.4, -0.2) is 34.2 Å². The largest absolute Gasteiger partial charge is 0.451 e. The zero-order chi connectivity index (χ0) is 19.2. The zero-order valence-electron chi connectivity index (χ0n) is 14.6. The first-order valence-electron chi connectivity index (χ1n) is 8.20. The number of ether oxygens (including phenoxy) is 1. The van der Waals surface area contributed by atoms with Crippen LogP contribution >= 0.6 is 11.6 Å². The molecule has 0 unspecified atom stereocenters. The number of hydrogen-bond acceptors (Lipinski definition) is 4. The standard InChI is InChI=1S/C19H20ClN3O3/c1-4-19(5-2,6-3)21-17(24)12-26-18(25)16-11-15(22-23-16)13-7-9-14(20)10-8-13/h1,7-11H,5-6,12H2,2-3H3,(H,21,24)(H,22,23). The van der Waals surface area contributed by atoms with Crippen molar-refractivity contribution in [2.75, 3.05) is 6.61 Å². The fourth-order valence-corrected chi connectivity index (χ4v) is 2.50. The van der Waals surface area contributed by atoms with E-state index in [0.717, 1.165) is 5.56 Å². The number of hydrogen-bond donors (Lipinski definition) is 2. The average molecular weight is 374 g/mol. The molecular weight excluding hydrogens is 354 g/mol. The summed E-state index contributed by atoms with van der Waals surface area (Å²) in [6, 6.07) is 8.58. The Hall–Kier alpha value is -2.78. The Morgan fingerprint density at radius 2 is 1.96 bits per heavy atom. The number of H-pyrrole nitrogens is 1. The summed E-state index contributed by atoms with van der Waals surface area (Å²) in [6.45, 7) is 3.36. The number of nitrogens with zero attached hydrogens (tertiary/aromatic N) is 1. The summed E-state index contributed by atoms with van der Waals surface area (Å²) in [6.07, 6.45) is 6.67. The Balaban J connectivity index is 1.95. The number of aromatic amines is 1. The molecule has 0 atom stereocenters. The van der Waals surface area contributed by atoms with Crippen molar-refractivity contribution in [1.29, 1.82) is 0 Å². The molecule has 0 bridgehead atoms. The van der Waals surface area contributed by atoms with Crippen LogP contribution in [0.2, 0.25) is 5.02 Å². The van der Waals surface area contributed by atoms with Crippen molar-refractivity contribution in [2.24, 2.45) is 0 Å². The third kappa shape index (κ3) is 4.64. The summed E-state index contributed by atoms with van der Waals surface area (Å²) in [5, 5.41) is 10.0. The van der Waals surface area contributed by atoms with Crippen LogP contribution < -0.4 is 5.32 Å². The maximum atomic E-state index is 12.1. The summed E-state index contributed by atoms with van der Waals surface area (Å²) < 4.78 is 5.03. The highest BCUT2D eigenvalue weighted by atomic mass is 35.5. The van der Waals surface area contributed by atoms with Gasteiger partial charge in [-0.15, -0.1) is 6.42 Å². The lowest BCUT2D eigenvalue weighted by Gasteiger charge is -2.26. The van der Waals surface area contributed by atoms with Crippen molar-refractivity contribution >= 4 is 23.5 Å². The van der Waals surface area contributed by atoms with Gasteiger partial charge in [-0.1, -0.05) is 43.5 Å². The van der Waals surface area contributed by atoms with Gasteiger partial charge in [0.1, 0.15) is 11.2 Å². The number of halogens is 1. The normalized spacial score (nSPS) is 10.8. The number of carbonyl (C=O) groups excluding carboxylic acids is 2. The maximum Gasteiger partial charge on any atom is 0.356 e. The van der Waals surface area contributed by atoms with Crippen LogP contribution in [0.1, 0.15) is 37.2 Å². The number of carbonyl (C=O) groups is 2. The Bertz CT molecular complexity index is 817. The van der Waals surface area contributed by atoms with Crippen molar-refractivity contribution in [3.8, 4) is 23.6 Å². The molecule has 0 aliphatic carbocycles. The minimum Gasteiger partial charge on any atom is -0.451 e. The fourth-order valence-electron chi connectivity index (χ4n) is 2.37.